The van der Waals surface area contributed by atoms with Gasteiger partial charge < -0.3 is 0 Å². The molecule has 6 aromatic rings. The normalized spacial score (nSPS) is 17.0. The van der Waals surface area contributed by atoms with Crippen LogP contribution in [0.25, 0.3) is 27.8 Å². The standard InChI is InChI=1S/C39H36.C36H40S.C2H6.C2H2/c1-5-12-30(6-2)32-17-21-34(22-18-32)39(35-23-19-33(20-24-35)31-14-8-7-9-15-31)36-25-26-38(29(4)27-36)37-16-11-10-13-28(37)3;1-17(2)31-26(11)33-32-18(3)14-13-15-29(32)36(35(31)33)30(24(9)21(6)22(7)27(12)37)16-28-23(8)19(4)20(5)25(10)34(28)36;2*1-2/h5-9,12-27,39H,1-2,10-11H2,3-4H3;13-15,37H,1,12,16H2,2-11H3;1-2H3;1-2H/b30-12+;22-21-,30-24?;;. The average Bonchev–Trinajstić information content (AvgIpc) is 2.40. The molecule has 80 heavy (non-hydrogen) atoms. The van der Waals surface area contributed by atoms with Gasteiger partial charge in [-0.3, -0.25) is 0 Å². The highest BCUT2D eigenvalue weighted by Gasteiger charge is 2.59. The molecule has 2 atom stereocenters. The quantitative estimate of drug-likeness (QED) is 0.0568. The number of hydrogen-bond acceptors (Lipinski definition) is 1. The molecule has 4 aliphatic rings. The first kappa shape index (κ1) is 60.0. The number of hydrogen-bond donors (Lipinski definition) is 1. The minimum absolute atomic E-state index is 0.129. The molecule has 0 aromatic heterocycles. The highest BCUT2D eigenvalue weighted by Crippen LogP contribution is 2.70. The van der Waals surface area contributed by atoms with E-state index in [0.717, 1.165) is 46.5 Å². The summed E-state index contributed by atoms with van der Waals surface area (Å²) >= 11 is 4.63. The van der Waals surface area contributed by atoms with Gasteiger partial charge in [0.05, 0.1) is 5.41 Å². The Balaban J connectivity index is 0.000000218. The second-order valence-electron chi connectivity index (χ2n) is 21.9. The highest BCUT2D eigenvalue weighted by atomic mass is 32.1. The average molecular weight is 1070 g/mol. The third-order valence-corrected chi connectivity index (χ3v) is 18.0. The molecule has 2 unspecified atom stereocenters. The van der Waals surface area contributed by atoms with E-state index in [1.54, 1.807) is 0 Å². The molecule has 406 valence electrons. The summed E-state index contributed by atoms with van der Waals surface area (Å²) in [7, 11) is 0. The van der Waals surface area contributed by atoms with Crippen LogP contribution in [0.1, 0.15) is 158 Å². The molecule has 4 aliphatic carbocycles. The van der Waals surface area contributed by atoms with Crippen molar-refractivity contribution in [3.8, 4) is 24.0 Å². The van der Waals surface area contributed by atoms with Gasteiger partial charge in [-0.15, -0.1) is 25.5 Å². The maximum Gasteiger partial charge on any atom is 0.0694 e. The molecular formula is C79H84S. The van der Waals surface area contributed by atoms with E-state index in [1.807, 2.05) is 32.1 Å². The fraction of sp³-hybridized carbons (Fsp3) is 0.241. The van der Waals surface area contributed by atoms with E-state index in [9.17, 15) is 0 Å². The van der Waals surface area contributed by atoms with Gasteiger partial charge in [-0.2, -0.15) is 0 Å². The maximum atomic E-state index is 4.63. The van der Waals surface area contributed by atoms with Crippen molar-refractivity contribution in [2.45, 2.75) is 128 Å². The molecule has 0 fully saturated rings. The number of rotatable bonds is 11. The zero-order valence-electron chi connectivity index (χ0n) is 50.5. The van der Waals surface area contributed by atoms with Crippen molar-refractivity contribution < 1.29 is 0 Å². The topological polar surface area (TPSA) is 0 Å². The highest BCUT2D eigenvalue weighted by molar-refractivity contribution is 7.84. The van der Waals surface area contributed by atoms with Crippen molar-refractivity contribution in [2.75, 3.05) is 0 Å². The van der Waals surface area contributed by atoms with Gasteiger partial charge in [-0.25, -0.2) is 0 Å². The second-order valence-corrected chi connectivity index (χ2v) is 22.4. The predicted molar refractivity (Wildman–Crippen MR) is 356 cm³/mol. The second kappa shape index (κ2) is 25.2. The lowest BCUT2D eigenvalue weighted by atomic mass is 9.62. The Hall–Kier alpha value is -7.63. The number of terminal acetylenes is 1. The molecule has 6 aromatic carbocycles. The van der Waals surface area contributed by atoms with Crippen molar-refractivity contribution >= 4 is 29.3 Å². The van der Waals surface area contributed by atoms with Crippen LogP contribution in [0.3, 0.4) is 0 Å². The van der Waals surface area contributed by atoms with E-state index in [-0.39, 0.29) is 11.3 Å². The van der Waals surface area contributed by atoms with Gasteiger partial charge in [-0.1, -0.05) is 191 Å². The zero-order chi connectivity index (χ0) is 58.5. The first-order valence-electron chi connectivity index (χ1n) is 28.5. The summed E-state index contributed by atoms with van der Waals surface area (Å²) in [6, 6.07) is 42.5. The van der Waals surface area contributed by atoms with Crippen LogP contribution in [0.5, 0.6) is 0 Å². The molecule has 1 heteroatoms. The maximum absolute atomic E-state index is 4.63. The van der Waals surface area contributed by atoms with Crippen molar-refractivity contribution in [1.29, 1.82) is 0 Å². The van der Waals surface area contributed by atoms with E-state index in [2.05, 4.69) is 262 Å². The lowest BCUT2D eigenvalue weighted by molar-refractivity contribution is 0.742. The Labute approximate surface area is 488 Å². The van der Waals surface area contributed by atoms with Crippen LogP contribution in [-0.2, 0) is 11.8 Å². The molecule has 0 amide bonds. The van der Waals surface area contributed by atoms with Crippen LogP contribution in [0, 0.1) is 54.4 Å². The Morgan fingerprint density at radius 3 is 1.80 bits per heavy atom. The third kappa shape index (κ3) is 10.5. The monoisotopic (exact) mass is 1060 g/mol. The van der Waals surface area contributed by atoms with E-state index in [1.165, 1.54) is 139 Å². The first-order valence-corrected chi connectivity index (χ1v) is 28.9. The van der Waals surface area contributed by atoms with E-state index >= 15 is 0 Å². The Morgan fingerprint density at radius 2 is 1.23 bits per heavy atom. The molecule has 0 heterocycles. The fourth-order valence-corrected chi connectivity index (χ4v) is 13.3. The predicted octanol–water partition coefficient (Wildman–Crippen LogP) is 21.8. The summed E-state index contributed by atoms with van der Waals surface area (Å²) in [5.74, 6) is 0.129. The van der Waals surface area contributed by atoms with Crippen LogP contribution < -0.4 is 0 Å². The van der Waals surface area contributed by atoms with Crippen LogP contribution in [0.4, 0.5) is 0 Å². The minimum atomic E-state index is -0.295. The van der Waals surface area contributed by atoms with Crippen LogP contribution >= 0.6 is 12.6 Å². The van der Waals surface area contributed by atoms with Crippen molar-refractivity contribution in [3.63, 3.8) is 0 Å². The van der Waals surface area contributed by atoms with Crippen LogP contribution in [0.2, 0.25) is 0 Å². The molecule has 0 nitrogen and oxygen atoms in total. The van der Waals surface area contributed by atoms with Crippen molar-refractivity contribution in [3.05, 3.63) is 310 Å². The van der Waals surface area contributed by atoms with Gasteiger partial charge in [0, 0.05) is 5.92 Å². The SMILES string of the molecule is C#C.C=C(C)C1=C2C(=C1C)c1c(C)cccc1C21C(=C(C)/C(C)=C(/C)C(=C)S)Cc2c(C)c(C)c(C)c(C)c21.C=C/C=C(\C=C)c1ccc(C(c2ccc(-c3ccccc3)cc2)c2ccc(C3=CCCC=C3C)c(C)c2)cc1.CC. The zero-order valence-corrected chi connectivity index (χ0v) is 51.4. The molecule has 0 aliphatic heterocycles. The summed E-state index contributed by atoms with van der Waals surface area (Å²) in [5, 5.41) is 0. The summed E-state index contributed by atoms with van der Waals surface area (Å²) in [5.41, 5.74) is 38.8. The number of aryl methyl sites for hydroxylation is 2. The molecule has 10 rings (SSSR count). The Kier molecular flexibility index (Phi) is 18.9. The smallest absolute Gasteiger partial charge is 0.0694 e. The van der Waals surface area contributed by atoms with Gasteiger partial charge in [0.25, 0.3) is 0 Å². The van der Waals surface area contributed by atoms with Gasteiger partial charge in [0.2, 0.25) is 0 Å². The van der Waals surface area contributed by atoms with Gasteiger partial charge in [-0.05, 0) is 263 Å². The van der Waals surface area contributed by atoms with E-state index in [4.69, 9.17) is 0 Å². The van der Waals surface area contributed by atoms with Gasteiger partial charge in [0.15, 0.2) is 0 Å². The summed E-state index contributed by atoms with van der Waals surface area (Å²) < 4.78 is 0. The van der Waals surface area contributed by atoms with Gasteiger partial charge >= 0.3 is 0 Å². The number of fused-ring (bicyclic) bond motifs is 7. The van der Waals surface area contributed by atoms with Crippen LogP contribution in [0.15, 0.2) is 227 Å². The summed E-state index contributed by atoms with van der Waals surface area (Å²) in [6.07, 6.45) is 21.7. The number of thiol groups is 1. The fourth-order valence-electron chi connectivity index (χ4n) is 13.2. The van der Waals surface area contributed by atoms with E-state index in [0.29, 0.717) is 0 Å². The minimum Gasteiger partial charge on any atom is -0.144 e. The van der Waals surface area contributed by atoms with Crippen molar-refractivity contribution in [2.24, 2.45) is 0 Å². The molecule has 0 saturated carbocycles. The first-order chi connectivity index (χ1) is 38.4. The Bertz CT molecular complexity index is 3700. The summed E-state index contributed by atoms with van der Waals surface area (Å²) in [4.78, 5) is 0.839. The molecule has 0 N–H and O–H groups in total. The Morgan fingerprint density at radius 1 is 0.637 bits per heavy atom. The van der Waals surface area contributed by atoms with Crippen LogP contribution in [-0.4, -0.2) is 0 Å². The molecule has 0 saturated heterocycles. The molecular weight excluding hydrogens is 981 g/mol. The van der Waals surface area contributed by atoms with E-state index < -0.39 is 0 Å². The molecule has 1 spiro atoms. The lowest BCUT2D eigenvalue weighted by Gasteiger charge is -2.40. The van der Waals surface area contributed by atoms with Gasteiger partial charge in [0.1, 0.15) is 0 Å². The number of allylic oxidation sites excluding steroid dienone is 17. The summed E-state index contributed by atoms with van der Waals surface area (Å²) in [6.45, 7) is 47.7. The van der Waals surface area contributed by atoms with Crippen molar-refractivity contribution in [1.82, 2.24) is 0 Å². The molecule has 0 radical (unpaired) electrons. The lowest BCUT2D eigenvalue weighted by Crippen LogP contribution is -2.32. The third-order valence-electron chi connectivity index (χ3n) is 17.7. The molecule has 0 bridgehead atoms. The number of benzene rings is 6. The largest absolute Gasteiger partial charge is 0.144 e.